The van der Waals surface area contributed by atoms with Crippen molar-refractivity contribution in [2.45, 2.75) is 12.8 Å². The zero-order valence-electron chi connectivity index (χ0n) is 18.1. The molecule has 8 heteroatoms. The number of hydrogen-bond donors (Lipinski definition) is 2. The number of ether oxygens (including phenoxy) is 1. The minimum atomic E-state index is -0.178. The van der Waals surface area contributed by atoms with Crippen LogP contribution in [0.15, 0.2) is 48.5 Å². The highest BCUT2D eigenvalue weighted by Gasteiger charge is 2.21. The van der Waals surface area contributed by atoms with Crippen LogP contribution in [-0.4, -0.2) is 61.5 Å². The number of H-pyrrole nitrogens is 1. The van der Waals surface area contributed by atoms with Gasteiger partial charge in [-0.05, 0) is 42.8 Å². The predicted molar refractivity (Wildman–Crippen MR) is 127 cm³/mol. The third kappa shape index (κ3) is 5.16. The molecule has 1 aromatic heterocycles. The molecule has 2 heterocycles. The van der Waals surface area contributed by atoms with Gasteiger partial charge in [-0.3, -0.25) is 9.59 Å². The number of carbonyl (C=O) groups is 2. The highest BCUT2D eigenvalue weighted by Crippen LogP contribution is 2.22. The number of rotatable bonds is 7. The number of aromatic nitrogens is 1. The Morgan fingerprint density at radius 3 is 2.66 bits per heavy atom. The zero-order chi connectivity index (χ0) is 22.5. The van der Waals surface area contributed by atoms with Crippen LogP contribution in [0.5, 0.6) is 5.75 Å². The van der Waals surface area contributed by atoms with Crippen LogP contribution in [0.4, 0.5) is 5.69 Å². The number of nitrogens with one attached hydrogen (secondary N) is 2. The van der Waals surface area contributed by atoms with Crippen molar-refractivity contribution in [2.24, 2.45) is 0 Å². The number of amides is 2. The lowest BCUT2D eigenvalue weighted by molar-refractivity contribution is -0.131. The fourth-order valence-electron chi connectivity index (χ4n) is 3.94. The third-order valence-electron chi connectivity index (χ3n) is 5.73. The minimum Gasteiger partial charge on any atom is -0.497 e. The van der Waals surface area contributed by atoms with Gasteiger partial charge in [0.2, 0.25) is 5.91 Å². The number of carbonyl (C=O) groups excluding carboxylic acids is 2. The molecule has 4 rings (SSSR count). The SMILES string of the molecule is COc1ccc2cc(C(=O)NCCCC(=O)N3CCN(c4cccc(Cl)c4)CC3)[nH]c2c1. The maximum absolute atomic E-state index is 12.5. The molecule has 0 spiro atoms. The van der Waals surface area contributed by atoms with Gasteiger partial charge in [-0.1, -0.05) is 17.7 Å². The summed E-state index contributed by atoms with van der Waals surface area (Å²) in [7, 11) is 1.61. The second-order valence-corrected chi connectivity index (χ2v) is 8.28. The Morgan fingerprint density at radius 1 is 1.09 bits per heavy atom. The maximum atomic E-state index is 12.5. The molecule has 7 nitrogen and oxygen atoms in total. The van der Waals surface area contributed by atoms with Crippen molar-refractivity contribution in [3.05, 3.63) is 59.2 Å². The maximum Gasteiger partial charge on any atom is 0.267 e. The van der Waals surface area contributed by atoms with E-state index in [0.717, 1.165) is 40.5 Å². The topological polar surface area (TPSA) is 77.7 Å². The number of benzene rings is 2. The molecule has 0 bridgehead atoms. The standard InChI is InChI=1S/C24H27ClN4O3/c1-32-20-8-7-17-14-22(27-21(17)16-20)24(31)26-9-3-6-23(30)29-12-10-28(11-13-29)19-5-2-4-18(25)15-19/h2,4-5,7-8,14-16,27H,3,6,9-13H2,1H3,(H,26,31). The summed E-state index contributed by atoms with van der Waals surface area (Å²) in [6.45, 7) is 3.40. The van der Waals surface area contributed by atoms with Crippen LogP contribution in [0.25, 0.3) is 10.9 Å². The first-order chi connectivity index (χ1) is 15.5. The lowest BCUT2D eigenvalue weighted by Crippen LogP contribution is -2.48. The zero-order valence-corrected chi connectivity index (χ0v) is 18.8. The van der Waals surface area contributed by atoms with Crippen LogP contribution in [0, 0.1) is 0 Å². The van der Waals surface area contributed by atoms with Gasteiger partial charge in [0, 0.05) is 66.8 Å². The fourth-order valence-corrected chi connectivity index (χ4v) is 4.12. The van der Waals surface area contributed by atoms with Gasteiger partial charge in [-0.25, -0.2) is 0 Å². The number of piperazine rings is 1. The summed E-state index contributed by atoms with van der Waals surface area (Å²) >= 11 is 6.08. The second-order valence-electron chi connectivity index (χ2n) is 7.84. The van der Waals surface area contributed by atoms with E-state index in [1.54, 1.807) is 7.11 Å². The van der Waals surface area contributed by atoms with Gasteiger partial charge < -0.3 is 24.8 Å². The van der Waals surface area contributed by atoms with Gasteiger partial charge in [-0.15, -0.1) is 0 Å². The molecule has 1 aliphatic heterocycles. The Labute approximate surface area is 192 Å². The van der Waals surface area contributed by atoms with Crippen molar-refractivity contribution in [3.8, 4) is 5.75 Å². The summed E-state index contributed by atoms with van der Waals surface area (Å²) in [5.41, 5.74) is 2.43. The molecule has 0 aliphatic carbocycles. The highest BCUT2D eigenvalue weighted by molar-refractivity contribution is 6.30. The van der Waals surface area contributed by atoms with E-state index in [4.69, 9.17) is 16.3 Å². The van der Waals surface area contributed by atoms with Crippen molar-refractivity contribution in [2.75, 3.05) is 44.7 Å². The van der Waals surface area contributed by atoms with Crippen LogP contribution in [0.3, 0.4) is 0 Å². The Hall–Kier alpha value is -3.19. The van der Waals surface area contributed by atoms with Crippen LogP contribution >= 0.6 is 11.6 Å². The molecule has 3 aromatic rings. The molecule has 0 radical (unpaired) electrons. The molecule has 2 aromatic carbocycles. The van der Waals surface area contributed by atoms with Gasteiger partial charge in [0.15, 0.2) is 0 Å². The summed E-state index contributed by atoms with van der Waals surface area (Å²) in [5, 5.41) is 4.55. The Bertz CT molecular complexity index is 1110. The summed E-state index contributed by atoms with van der Waals surface area (Å²) in [4.78, 5) is 32.2. The van der Waals surface area contributed by atoms with E-state index in [1.165, 1.54) is 0 Å². The number of anilines is 1. The van der Waals surface area contributed by atoms with E-state index in [1.807, 2.05) is 53.4 Å². The molecule has 1 fully saturated rings. The van der Waals surface area contributed by atoms with Gasteiger partial charge in [-0.2, -0.15) is 0 Å². The molecular formula is C24H27ClN4O3. The van der Waals surface area contributed by atoms with Gasteiger partial charge >= 0.3 is 0 Å². The van der Waals surface area contributed by atoms with E-state index >= 15 is 0 Å². The van der Waals surface area contributed by atoms with Crippen LogP contribution in [-0.2, 0) is 4.79 Å². The number of halogens is 1. The van der Waals surface area contributed by atoms with E-state index in [0.29, 0.717) is 38.2 Å². The fraction of sp³-hybridized carbons (Fsp3) is 0.333. The number of fused-ring (bicyclic) bond motifs is 1. The summed E-state index contributed by atoms with van der Waals surface area (Å²) in [6.07, 6.45) is 1.02. The Balaban J connectivity index is 1.19. The first-order valence-corrected chi connectivity index (χ1v) is 11.1. The van der Waals surface area contributed by atoms with Crippen LogP contribution in [0.1, 0.15) is 23.3 Å². The number of methoxy groups -OCH3 is 1. The molecule has 168 valence electrons. The molecule has 1 saturated heterocycles. The molecule has 32 heavy (non-hydrogen) atoms. The first-order valence-electron chi connectivity index (χ1n) is 10.8. The Morgan fingerprint density at radius 2 is 1.91 bits per heavy atom. The van der Waals surface area contributed by atoms with E-state index in [9.17, 15) is 9.59 Å². The van der Waals surface area contributed by atoms with Gasteiger partial charge in [0.25, 0.3) is 5.91 Å². The lowest BCUT2D eigenvalue weighted by atomic mass is 10.2. The summed E-state index contributed by atoms with van der Waals surface area (Å²) < 4.78 is 5.21. The van der Waals surface area contributed by atoms with Crippen LogP contribution < -0.4 is 15.0 Å². The number of nitrogens with zero attached hydrogens (tertiary/aromatic N) is 2. The largest absolute Gasteiger partial charge is 0.497 e. The van der Waals surface area contributed by atoms with Gasteiger partial charge in [0.1, 0.15) is 11.4 Å². The average molecular weight is 455 g/mol. The van der Waals surface area contributed by atoms with E-state index < -0.39 is 0 Å². The molecule has 2 amide bonds. The normalized spacial score (nSPS) is 13.9. The quantitative estimate of drug-likeness (QED) is 0.534. The smallest absolute Gasteiger partial charge is 0.267 e. The third-order valence-corrected chi connectivity index (χ3v) is 5.97. The van der Waals surface area contributed by atoms with Crippen molar-refractivity contribution in [1.82, 2.24) is 15.2 Å². The lowest BCUT2D eigenvalue weighted by Gasteiger charge is -2.36. The molecule has 1 aliphatic rings. The monoisotopic (exact) mass is 454 g/mol. The minimum absolute atomic E-state index is 0.128. The van der Waals surface area contributed by atoms with E-state index in [2.05, 4.69) is 15.2 Å². The molecule has 0 saturated carbocycles. The van der Waals surface area contributed by atoms with Gasteiger partial charge in [0.05, 0.1) is 7.11 Å². The Kier molecular flexibility index (Phi) is 6.85. The van der Waals surface area contributed by atoms with Crippen molar-refractivity contribution < 1.29 is 14.3 Å². The predicted octanol–water partition coefficient (Wildman–Crippen LogP) is 3.69. The molecule has 0 unspecified atom stereocenters. The van der Waals surface area contributed by atoms with Crippen LogP contribution in [0.2, 0.25) is 5.02 Å². The number of aromatic amines is 1. The second kappa shape index (κ2) is 9.96. The van der Waals surface area contributed by atoms with E-state index in [-0.39, 0.29) is 11.8 Å². The molecular weight excluding hydrogens is 428 g/mol. The summed E-state index contributed by atoms with van der Waals surface area (Å²) in [6, 6.07) is 15.2. The molecule has 2 N–H and O–H groups in total. The summed E-state index contributed by atoms with van der Waals surface area (Å²) in [5.74, 6) is 0.684. The average Bonchev–Trinajstić information content (AvgIpc) is 3.25. The van der Waals surface area contributed by atoms with Crippen molar-refractivity contribution >= 4 is 40.0 Å². The van der Waals surface area contributed by atoms with Crippen molar-refractivity contribution in [1.29, 1.82) is 0 Å². The molecule has 0 atom stereocenters. The highest BCUT2D eigenvalue weighted by atomic mass is 35.5. The van der Waals surface area contributed by atoms with Crippen molar-refractivity contribution in [3.63, 3.8) is 0 Å². The number of hydrogen-bond acceptors (Lipinski definition) is 4. The first kappa shape index (κ1) is 22.0.